The van der Waals surface area contributed by atoms with Crippen LogP contribution in [0.3, 0.4) is 0 Å². The van der Waals surface area contributed by atoms with Crippen LogP contribution in [0.4, 0.5) is 0 Å². The molecule has 2 aromatic rings. The Morgan fingerprint density at radius 2 is 0.667 bits per heavy atom. The molecule has 2 N–H and O–H groups in total. The second kappa shape index (κ2) is 23.4. The molecule has 0 aliphatic rings. The summed E-state index contributed by atoms with van der Waals surface area (Å²) in [6, 6.07) is 7.78. The van der Waals surface area contributed by atoms with E-state index >= 15 is 0 Å². The fraction of sp³-hybridized carbons (Fsp3) is 0. The van der Waals surface area contributed by atoms with Gasteiger partial charge >= 0.3 is 34.1 Å². The van der Waals surface area contributed by atoms with Crippen LogP contribution in [0.5, 0.6) is 0 Å². The normalized spacial score (nSPS) is 5.33. The van der Waals surface area contributed by atoms with Crippen molar-refractivity contribution < 1.29 is 50.6 Å². The third kappa shape index (κ3) is 19.8. The summed E-state index contributed by atoms with van der Waals surface area (Å²) in [4.78, 5) is 5.72. The Balaban J connectivity index is -0.0000000333. The number of nitrogens with one attached hydrogen (secondary N) is 2. The molecular weight excluding hydrogens is 284 g/mol. The van der Waals surface area contributed by atoms with Crippen LogP contribution in [0.15, 0.2) is 49.1 Å². The molecule has 0 unspecified atom stereocenters. The van der Waals surface area contributed by atoms with Gasteiger partial charge in [-0.25, -0.2) is 0 Å². The molecule has 0 bridgehead atoms. The Morgan fingerprint density at radius 3 is 0.733 bits per heavy atom. The maximum absolute atomic E-state index is 2.86. The SMILES string of the molecule is [Fe+3].[Fe+3].[O-2].[O-2].[O-2].c1cc[nH]c1.c1cc[nH]c1. The van der Waals surface area contributed by atoms with E-state index in [0.29, 0.717) is 0 Å². The molecule has 0 fully saturated rings. The van der Waals surface area contributed by atoms with Gasteiger partial charge in [0.2, 0.25) is 0 Å². The third-order valence-corrected chi connectivity index (χ3v) is 0.992. The number of rotatable bonds is 0. The molecule has 2 heterocycles. The van der Waals surface area contributed by atoms with Crippen LogP contribution >= 0.6 is 0 Å². The monoisotopic (exact) mass is 294 g/mol. The van der Waals surface area contributed by atoms with Crippen molar-refractivity contribution in [3.05, 3.63) is 49.1 Å². The van der Waals surface area contributed by atoms with Gasteiger partial charge in [-0.1, -0.05) is 0 Å². The van der Waals surface area contributed by atoms with Crippen molar-refractivity contribution in [2.24, 2.45) is 0 Å². The summed E-state index contributed by atoms with van der Waals surface area (Å²) >= 11 is 0. The zero-order chi connectivity index (χ0) is 7.07. The molecule has 0 atom stereocenters. The van der Waals surface area contributed by atoms with Gasteiger partial charge in [0.1, 0.15) is 0 Å². The Bertz CT molecular complexity index is 165. The maximum atomic E-state index is 2.86. The van der Waals surface area contributed by atoms with Crippen molar-refractivity contribution in [2.75, 3.05) is 0 Å². The minimum absolute atomic E-state index is 0. The van der Waals surface area contributed by atoms with Crippen molar-refractivity contribution >= 4 is 0 Å². The van der Waals surface area contributed by atoms with E-state index in [-0.39, 0.29) is 50.6 Å². The van der Waals surface area contributed by atoms with Gasteiger partial charge in [0.15, 0.2) is 0 Å². The van der Waals surface area contributed by atoms with E-state index in [4.69, 9.17) is 0 Å². The van der Waals surface area contributed by atoms with Crippen molar-refractivity contribution in [1.82, 2.24) is 9.97 Å². The molecular formula is C8H10Fe2N2O3. The van der Waals surface area contributed by atoms with E-state index in [2.05, 4.69) is 9.97 Å². The van der Waals surface area contributed by atoms with E-state index in [1.54, 1.807) is 0 Å². The topological polar surface area (TPSA) is 117 Å². The van der Waals surface area contributed by atoms with Crippen LogP contribution < -0.4 is 0 Å². The van der Waals surface area contributed by atoms with E-state index in [1.165, 1.54) is 0 Å². The van der Waals surface area contributed by atoms with Crippen LogP contribution in [0, 0.1) is 0 Å². The van der Waals surface area contributed by atoms with Crippen LogP contribution in [0.1, 0.15) is 0 Å². The number of H-pyrrole nitrogens is 2. The van der Waals surface area contributed by atoms with Crippen molar-refractivity contribution in [3.8, 4) is 0 Å². The zero-order valence-electron chi connectivity index (χ0n) is 7.55. The second-order valence-electron chi connectivity index (χ2n) is 1.77. The summed E-state index contributed by atoms with van der Waals surface area (Å²) in [5.74, 6) is 0. The first-order chi connectivity index (χ1) is 5.00. The zero-order valence-corrected chi connectivity index (χ0v) is 9.76. The van der Waals surface area contributed by atoms with Gasteiger partial charge in [0.05, 0.1) is 0 Å². The molecule has 0 aromatic carbocycles. The second-order valence-corrected chi connectivity index (χ2v) is 1.77. The average molecular weight is 294 g/mol. The van der Waals surface area contributed by atoms with Crippen molar-refractivity contribution in [1.29, 1.82) is 0 Å². The minimum atomic E-state index is 0. The average Bonchev–Trinajstić information content (AvgIpc) is 2.67. The molecule has 5 nitrogen and oxygen atoms in total. The third-order valence-electron chi connectivity index (χ3n) is 0.992. The van der Waals surface area contributed by atoms with Gasteiger partial charge in [-0.05, 0) is 24.3 Å². The molecule has 86 valence electrons. The first-order valence-corrected chi connectivity index (χ1v) is 3.15. The number of hydrogen-bond acceptors (Lipinski definition) is 0. The molecule has 0 aliphatic heterocycles. The number of hydrogen-bond donors (Lipinski definition) is 2. The number of aromatic amines is 2. The Kier molecular flexibility index (Phi) is 45.6. The van der Waals surface area contributed by atoms with Gasteiger partial charge in [-0.2, -0.15) is 0 Å². The van der Waals surface area contributed by atoms with Gasteiger partial charge in [-0.15, -0.1) is 0 Å². The largest absolute Gasteiger partial charge is 3.00 e. The number of aromatic nitrogens is 2. The Morgan fingerprint density at radius 1 is 0.467 bits per heavy atom. The van der Waals surface area contributed by atoms with E-state index < -0.39 is 0 Å². The predicted octanol–water partition coefficient (Wildman–Crippen LogP) is 1.67. The minimum Gasteiger partial charge on any atom is -2.00 e. The summed E-state index contributed by atoms with van der Waals surface area (Å²) in [6.45, 7) is 0. The molecule has 0 spiro atoms. The van der Waals surface area contributed by atoms with Crippen LogP contribution in [-0.2, 0) is 50.6 Å². The standard InChI is InChI=1S/2C4H5N.2Fe.3O/c2*1-2-4-5-3-1;;;;;/h2*1-5H;;;;;/q;;2*+3;3*-2. The molecule has 7 heteroatoms. The molecule has 0 amide bonds. The van der Waals surface area contributed by atoms with E-state index in [1.807, 2.05) is 49.1 Å². The summed E-state index contributed by atoms with van der Waals surface area (Å²) in [7, 11) is 0. The molecule has 2 aromatic heterocycles. The fourth-order valence-corrected chi connectivity index (χ4v) is 0.556. The van der Waals surface area contributed by atoms with Gasteiger partial charge < -0.3 is 26.4 Å². The summed E-state index contributed by atoms with van der Waals surface area (Å²) in [5, 5.41) is 0. The van der Waals surface area contributed by atoms with E-state index in [0.717, 1.165) is 0 Å². The van der Waals surface area contributed by atoms with Crippen LogP contribution in [-0.4, -0.2) is 9.97 Å². The van der Waals surface area contributed by atoms with Crippen LogP contribution in [0.25, 0.3) is 0 Å². The first kappa shape index (κ1) is 29.3. The molecule has 0 saturated carbocycles. The molecule has 15 heavy (non-hydrogen) atoms. The summed E-state index contributed by atoms with van der Waals surface area (Å²) in [6.07, 6.45) is 7.50. The molecule has 2 radical (unpaired) electrons. The van der Waals surface area contributed by atoms with Crippen LogP contribution in [0.2, 0.25) is 0 Å². The van der Waals surface area contributed by atoms with E-state index in [9.17, 15) is 0 Å². The predicted molar refractivity (Wildman–Crippen MR) is 43.6 cm³/mol. The van der Waals surface area contributed by atoms with Gasteiger partial charge in [-0.3, -0.25) is 0 Å². The summed E-state index contributed by atoms with van der Waals surface area (Å²) < 4.78 is 0. The van der Waals surface area contributed by atoms with Crippen molar-refractivity contribution in [3.63, 3.8) is 0 Å². The summed E-state index contributed by atoms with van der Waals surface area (Å²) in [5.41, 5.74) is 0. The molecule has 2 rings (SSSR count). The van der Waals surface area contributed by atoms with Gasteiger partial charge in [0.25, 0.3) is 0 Å². The Hall–Kier alpha value is -0.521. The van der Waals surface area contributed by atoms with Crippen molar-refractivity contribution in [2.45, 2.75) is 0 Å². The van der Waals surface area contributed by atoms with Gasteiger partial charge in [0, 0.05) is 24.8 Å². The Labute approximate surface area is 110 Å². The molecule has 0 aliphatic carbocycles. The maximum Gasteiger partial charge on any atom is 3.00 e. The first-order valence-electron chi connectivity index (χ1n) is 3.15. The fourth-order valence-electron chi connectivity index (χ4n) is 0.556. The quantitative estimate of drug-likeness (QED) is 0.687. The molecule has 0 saturated heterocycles. The smallest absolute Gasteiger partial charge is 2.00 e.